The van der Waals surface area contributed by atoms with Crippen LogP contribution in [0, 0.1) is 5.92 Å². The molecule has 0 saturated heterocycles. The monoisotopic (exact) mass is 201 g/mol. The summed E-state index contributed by atoms with van der Waals surface area (Å²) in [5.74, 6) is -0.313. The van der Waals surface area contributed by atoms with Gasteiger partial charge in [0.05, 0.1) is 0 Å². The zero-order valence-electron chi connectivity index (χ0n) is 9.29. The van der Waals surface area contributed by atoms with Crippen LogP contribution >= 0.6 is 0 Å². The van der Waals surface area contributed by atoms with E-state index in [2.05, 4.69) is 5.32 Å². The average molecular weight is 201 g/mol. The van der Waals surface area contributed by atoms with E-state index in [1.165, 1.54) is 0 Å². The fourth-order valence-electron chi connectivity index (χ4n) is 0.902. The summed E-state index contributed by atoms with van der Waals surface area (Å²) in [5, 5.41) is 2.64. The summed E-state index contributed by atoms with van der Waals surface area (Å²) in [6.45, 7) is 7.39. The van der Waals surface area contributed by atoms with Gasteiger partial charge in [0.1, 0.15) is 0 Å². The smallest absolute Gasteiger partial charge is 0.306 e. The summed E-state index contributed by atoms with van der Waals surface area (Å²) in [6, 6.07) is 0.0753. The quantitative estimate of drug-likeness (QED) is 0.678. The molecule has 0 aliphatic heterocycles. The number of nitrogens with one attached hydrogen (secondary N) is 1. The Kier molecular flexibility index (Phi) is 5.92. The van der Waals surface area contributed by atoms with Gasteiger partial charge in [-0.3, -0.25) is 9.59 Å². The molecule has 0 heterocycles. The Labute approximate surface area is 85.0 Å². The van der Waals surface area contributed by atoms with Crippen molar-refractivity contribution in [1.82, 2.24) is 5.32 Å². The van der Waals surface area contributed by atoms with Crippen molar-refractivity contribution in [3.8, 4) is 0 Å². The molecule has 0 aromatic heterocycles. The van der Waals surface area contributed by atoms with Crippen LogP contribution in [0.3, 0.4) is 0 Å². The fourth-order valence-corrected chi connectivity index (χ4v) is 0.902. The Bertz CT molecular complexity index is 178. The van der Waals surface area contributed by atoms with Crippen molar-refractivity contribution in [2.45, 2.75) is 40.2 Å². The summed E-state index contributed by atoms with van der Waals surface area (Å²) in [7, 11) is 0. The minimum absolute atomic E-state index is 0.0753. The van der Waals surface area contributed by atoms with Crippen molar-refractivity contribution < 1.29 is 14.3 Å². The van der Waals surface area contributed by atoms with Crippen molar-refractivity contribution in [1.29, 1.82) is 0 Å². The van der Waals surface area contributed by atoms with Gasteiger partial charge in [-0.05, 0) is 19.8 Å². The van der Waals surface area contributed by atoms with Crippen molar-refractivity contribution in [3.63, 3.8) is 0 Å². The molecule has 4 nitrogen and oxygen atoms in total. The zero-order chi connectivity index (χ0) is 11.1. The molecular weight excluding hydrogens is 182 g/mol. The van der Waals surface area contributed by atoms with Crippen molar-refractivity contribution >= 4 is 11.9 Å². The van der Waals surface area contributed by atoms with E-state index < -0.39 is 0 Å². The molecule has 14 heavy (non-hydrogen) atoms. The minimum atomic E-state index is -0.320. The number of rotatable bonds is 5. The van der Waals surface area contributed by atoms with Crippen LogP contribution in [0.4, 0.5) is 0 Å². The fraction of sp³-hybridized carbons (Fsp3) is 0.800. The van der Waals surface area contributed by atoms with E-state index in [-0.39, 0.29) is 30.4 Å². The predicted octanol–water partition coefficient (Wildman–Crippen LogP) is 1.10. The summed E-state index contributed by atoms with van der Waals surface area (Å²) in [4.78, 5) is 22.1. The number of amides is 1. The first kappa shape index (κ1) is 12.9. The Balaban J connectivity index is 3.61. The van der Waals surface area contributed by atoms with Crippen LogP contribution < -0.4 is 5.32 Å². The Morgan fingerprint density at radius 1 is 1.21 bits per heavy atom. The topological polar surface area (TPSA) is 55.4 Å². The third kappa shape index (κ3) is 7.58. The lowest BCUT2D eigenvalue weighted by molar-refractivity contribution is -0.149. The molecule has 82 valence electrons. The molecule has 0 unspecified atom stereocenters. The van der Waals surface area contributed by atoms with Crippen molar-refractivity contribution in [2.24, 2.45) is 5.92 Å². The molecule has 0 bridgehead atoms. The number of esters is 1. The third-order valence-corrected chi connectivity index (χ3v) is 1.39. The van der Waals surface area contributed by atoms with E-state index in [4.69, 9.17) is 4.74 Å². The third-order valence-electron chi connectivity index (χ3n) is 1.39. The van der Waals surface area contributed by atoms with Gasteiger partial charge in [-0.1, -0.05) is 13.8 Å². The van der Waals surface area contributed by atoms with E-state index in [0.29, 0.717) is 6.42 Å². The number of ether oxygens (including phenoxy) is 1. The van der Waals surface area contributed by atoms with Crippen LogP contribution in [0.1, 0.15) is 34.1 Å². The molecule has 0 rings (SSSR count). The first-order chi connectivity index (χ1) is 6.41. The second-order valence-corrected chi connectivity index (χ2v) is 3.98. The maximum atomic E-state index is 11.1. The van der Waals surface area contributed by atoms with E-state index in [0.717, 1.165) is 0 Å². The normalized spacial score (nSPS) is 10.4. The molecule has 0 aliphatic carbocycles. The molecule has 0 atom stereocenters. The van der Waals surface area contributed by atoms with Crippen LogP contribution in [-0.4, -0.2) is 24.5 Å². The average Bonchev–Trinajstić information content (AvgIpc) is 1.98. The lowest BCUT2D eigenvalue weighted by Gasteiger charge is -2.09. The first-order valence-corrected chi connectivity index (χ1v) is 4.86. The number of carbonyl (C=O) groups is 2. The highest BCUT2D eigenvalue weighted by Gasteiger charge is 2.09. The number of hydrogen-bond acceptors (Lipinski definition) is 3. The Hall–Kier alpha value is -1.06. The molecule has 1 amide bonds. The molecule has 0 aliphatic rings. The summed E-state index contributed by atoms with van der Waals surface area (Å²) >= 11 is 0. The van der Waals surface area contributed by atoms with Gasteiger partial charge < -0.3 is 10.1 Å². The molecule has 0 aromatic rings. The van der Waals surface area contributed by atoms with Crippen LogP contribution in [0.2, 0.25) is 0 Å². The van der Waals surface area contributed by atoms with Crippen LogP contribution in [0.25, 0.3) is 0 Å². The maximum Gasteiger partial charge on any atom is 0.306 e. The van der Waals surface area contributed by atoms with E-state index in [9.17, 15) is 9.59 Å². The van der Waals surface area contributed by atoms with Gasteiger partial charge in [-0.15, -0.1) is 0 Å². The van der Waals surface area contributed by atoms with E-state index in [1.54, 1.807) is 0 Å². The van der Waals surface area contributed by atoms with E-state index in [1.807, 2.05) is 27.7 Å². The van der Waals surface area contributed by atoms with Gasteiger partial charge in [0.25, 0.3) is 5.91 Å². The minimum Gasteiger partial charge on any atom is -0.456 e. The Morgan fingerprint density at radius 2 is 1.79 bits per heavy atom. The zero-order valence-corrected chi connectivity index (χ0v) is 9.29. The van der Waals surface area contributed by atoms with E-state index >= 15 is 0 Å². The lowest BCUT2D eigenvalue weighted by Crippen LogP contribution is -2.34. The highest BCUT2D eigenvalue weighted by Crippen LogP contribution is 2.00. The molecule has 0 spiro atoms. The second kappa shape index (κ2) is 6.40. The molecule has 4 heteroatoms. The van der Waals surface area contributed by atoms with Crippen molar-refractivity contribution in [3.05, 3.63) is 0 Å². The van der Waals surface area contributed by atoms with Crippen LogP contribution in [0.5, 0.6) is 0 Å². The first-order valence-electron chi connectivity index (χ1n) is 4.86. The van der Waals surface area contributed by atoms with Gasteiger partial charge in [0.15, 0.2) is 6.61 Å². The summed E-state index contributed by atoms with van der Waals surface area (Å²) < 4.78 is 4.76. The van der Waals surface area contributed by atoms with Gasteiger partial charge >= 0.3 is 5.97 Å². The number of carbonyl (C=O) groups excluding carboxylic acids is 2. The number of hydrogen-bond donors (Lipinski definition) is 1. The summed E-state index contributed by atoms with van der Waals surface area (Å²) in [6.07, 6.45) is 0.356. The SMILES string of the molecule is CC(C)CC(=O)OCC(=O)NC(C)C. The summed E-state index contributed by atoms with van der Waals surface area (Å²) in [5.41, 5.74) is 0. The van der Waals surface area contributed by atoms with Crippen molar-refractivity contribution in [2.75, 3.05) is 6.61 Å². The van der Waals surface area contributed by atoms with Gasteiger partial charge in [0.2, 0.25) is 0 Å². The lowest BCUT2D eigenvalue weighted by atomic mass is 10.1. The maximum absolute atomic E-state index is 11.1. The highest BCUT2D eigenvalue weighted by atomic mass is 16.5. The largest absolute Gasteiger partial charge is 0.456 e. The van der Waals surface area contributed by atoms with Gasteiger partial charge in [0, 0.05) is 12.5 Å². The standard InChI is InChI=1S/C10H19NO3/c1-7(2)5-10(13)14-6-9(12)11-8(3)4/h7-8H,5-6H2,1-4H3,(H,11,12). The molecule has 0 radical (unpaired) electrons. The molecule has 0 fully saturated rings. The highest BCUT2D eigenvalue weighted by molar-refractivity contribution is 5.80. The predicted molar refractivity (Wildman–Crippen MR) is 53.7 cm³/mol. The molecular formula is C10H19NO3. The van der Waals surface area contributed by atoms with Crippen LogP contribution in [-0.2, 0) is 14.3 Å². The second-order valence-electron chi connectivity index (χ2n) is 3.98. The molecule has 1 N–H and O–H groups in total. The van der Waals surface area contributed by atoms with Gasteiger partial charge in [-0.2, -0.15) is 0 Å². The molecule has 0 aromatic carbocycles. The van der Waals surface area contributed by atoms with Gasteiger partial charge in [-0.25, -0.2) is 0 Å². The Morgan fingerprint density at radius 3 is 2.21 bits per heavy atom. The van der Waals surface area contributed by atoms with Crippen LogP contribution in [0.15, 0.2) is 0 Å². The molecule has 0 saturated carbocycles.